The van der Waals surface area contributed by atoms with E-state index < -0.39 is 0 Å². The van der Waals surface area contributed by atoms with Crippen molar-refractivity contribution >= 4 is 44.9 Å². The highest BCUT2D eigenvalue weighted by Gasteiger charge is 2.17. The molecule has 4 rings (SSSR count). The van der Waals surface area contributed by atoms with Gasteiger partial charge in [-0.25, -0.2) is 15.4 Å². The Morgan fingerprint density at radius 3 is 2.88 bits per heavy atom. The fourth-order valence-corrected chi connectivity index (χ4v) is 5.06. The third-order valence-corrected chi connectivity index (χ3v) is 6.89. The second-order valence-electron chi connectivity index (χ2n) is 7.78. The number of rotatable bonds is 8. The van der Waals surface area contributed by atoms with E-state index in [4.69, 9.17) is 16.4 Å². The summed E-state index contributed by atoms with van der Waals surface area (Å²) < 4.78 is 0.972. The van der Waals surface area contributed by atoms with E-state index in [9.17, 15) is 4.79 Å². The van der Waals surface area contributed by atoms with Gasteiger partial charge in [-0.3, -0.25) is 9.63 Å². The molecule has 0 atom stereocenters. The smallest absolute Gasteiger partial charge is 0.275 e. The van der Waals surface area contributed by atoms with E-state index in [0.717, 1.165) is 60.7 Å². The Morgan fingerprint density at radius 2 is 2.09 bits per heavy atom. The van der Waals surface area contributed by atoms with Gasteiger partial charge in [-0.2, -0.15) is 0 Å². The Bertz CT molecular complexity index is 1080. The highest BCUT2D eigenvalue weighted by Crippen LogP contribution is 2.37. The van der Waals surface area contributed by atoms with Crippen LogP contribution >= 0.6 is 22.9 Å². The number of likely N-dealkylation sites (N-methyl/N-ethyl adjacent to an activating group) is 1. The van der Waals surface area contributed by atoms with E-state index in [1.165, 1.54) is 18.4 Å². The Morgan fingerprint density at radius 1 is 1.28 bits per heavy atom. The molecule has 0 unspecified atom stereocenters. The van der Waals surface area contributed by atoms with E-state index in [-0.39, 0.29) is 5.91 Å². The van der Waals surface area contributed by atoms with Gasteiger partial charge in [0.15, 0.2) is 0 Å². The van der Waals surface area contributed by atoms with Gasteiger partial charge in [-0.05, 0) is 38.2 Å². The Balaban J connectivity index is 1.45. The summed E-state index contributed by atoms with van der Waals surface area (Å²) in [4.78, 5) is 31.8. The van der Waals surface area contributed by atoms with Crippen molar-refractivity contribution in [3.8, 4) is 10.6 Å². The zero-order valence-corrected chi connectivity index (χ0v) is 19.8. The molecule has 1 amide bonds. The summed E-state index contributed by atoms with van der Waals surface area (Å²) in [5.74, 6) is 0.261. The maximum Gasteiger partial charge on any atom is 0.275 e. The van der Waals surface area contributed by atoms with Gasteiger partial charge in [0.05, 0.1) is 28.8 Å². The molecule has 2 aromatic heterocycles. The topological polar surface area (TPSA) is 82.6 Å². The van der Waals surface area contributed by atoms with Crippen LogP contribution in [-0.2, 0) is 4.84 Å². The molecule has 1 saturated heterocycles. The number of nitrogens with one attached hydrogen (secondary N) is 2. The number of benzene rings is 1. The van der Waals surface area contributed by atoms with Crippen LogP contribution in [-0.4, -0.2) is 79.1 Å². The van der Waals surface area contributed by atoms with Crippen LogP contribution in [0, 0.1) is 0 Å². The molecule has 0 spiro atoms. The number of amides is 1. The van der Waals surface area contributed by atoms with E-state index >= 15 is 0 Å². The Kier molecular flexibility index (Phi) is 7.54. The summed E-state index contributed by atoms with van der Waals surface area (Å²) in [6.45, 7) is 6.34. The minimum Gasteiger partial charge on any atom is -0.354 e. The largest absolute Gasteiger partial charge is 0.354 e. The average molecular weight is 475 g/mol. The van der Waals surface area contributed by atoms with Crippen molar-refractivity contribution in [2.75, 3.05) is 58.7 Å². The van der Waals surface area contributed by atoms with Gasteiger partial charge in [-0.15, -0.1) is 11.3 Å². The molecular formula is C22H27ClN6O2S. The summed E-state index contributed by atoms with van der Waals surface area (Å²) >= 11 is 7.97. The summed E-state index contributed by atoms with van der Waals surface area (Å²) in [7, 11) is 3.58. The first-order chi connectivity index (χ1) is 15.5. The summed E-state index contributed by atoms with van der Waals surface area (Å²) in [5.41, 5.74) is 3.57. The summed E-state index contributed by atoms with van der Waals surface area (Å²) in [6, 6.07) is 7.53. The second-order valence-corrected chi connectivity index (χ2v) is 9.27. The van der Waals surface area contributed by atoms with Gasteiger partial charge in [0.25, 0.3) is 5.91 Å². The van der Waals surface area contributed by atoms with Crippen LogP contribution in [0.25, 0.3) is 20.7 Å². The normalized spacial score (nSPS) is 15.2. The lowest BCUT2D eigenvalue weighted by atomic mass is 10.1. The van der Waals surface area contributed by atoms with Crippen LogP contribution in [0.5, 0.6) is 0 Å². The number of hydrogen-bond acceptors (Lipinski definition) is 8. The van der Waals surface area contributed by atoms with Gasteiger partial charge >= 0.3 is 0 Å². The first-order valence-electron chi connectivity index (χ1n) is 10.6. The molecule has 10 heteroatoms. The zero-order chi connectivity index (χ0) is 22.5. The number of carbonyl (C=O) groups excluding carboxylic acids is 1. The SMILES string of the molecule is CONC(=O)c1cccc2sc(-c3nc(NCCCN4CCN(C)CC4)ncc3Cl)cc12. The molecule has 0 bridgehead atoms. The number of carbonyl (C=O) groups is 1. The molecule has 8 nitrogen and oxygen atoms in total. The Hall–Kier alpha value is -2.30. The second kappa shape index (κ2) is 10.5. The van der Waals surface area contributed by atoms with Crippen LogP contribution in [0.3, 0.4) is 0 Å². The number of hydroxylamine groups is 1. The Labute approximate surface area is 196 Å². The van der Waals surface area contributed by atoms with E-state index in [1.54, 1.807) is 12.3 Å². The number of nitrogens with zero attached hydrogens (tertiary/aromatic N) is 4. The van der Waals surface area contributed by atoms with Crippen molar-refractivity contribution in [2.24, 2.45) is 0 Å². The quantitative estimate of drug-likeness (QED) is 0.382. The number of fused-ring (bicyclic) bond motifs is 1. The van der Waals surface area contributed by atoms with Crippen LogP contribution in [0.1, 0.15) is 16.8 Å². The first-order valence-corrected chi connectivity index (χ1v) is 11.8. The molecule has 2 N–H and O–H groups in total. The molecule has 170 valence electrons. The maximum atomic E-state index is 12.3. The number of thiophene rings is 1. The average Bonchev–Trinajstić information content (AvgIpc) is 3.23. The lowest BCUT2D eigenvalue weighted by Crippen LogP contribution is -2.44. The van der Waals surface area contributed by atoms with Crippen molar-refractivity contribution in [3.63, 3.8) is 0 Å². The van der Waals surface area contributed by atoms with Crippen LogP contribution in [0.4, 0.5) is 5.95 Å². The molecule has 3 heterocycles. The minimum atomic E-state index is -0.293. The van der Waals surface area contributed by atoms with Gasteiger partial charge in [0, 0.05) is 42.8 Å². The lowest BCUT2D eigenvalue weighted by Gasteiger charge is -2.32. The molecule has 0 radical (unpaired) electrons. The van der Waals surface area contributed by atoms with Crippen molar-refractivity contribution in [1.29, 1.82) is 0 Å². The molecule has 1 fully saturated rings. The standard InChI is InChI=1S/C22H27ClN6O2S/c1-28-9-11-29(12-10-28)8-4-7-24-22-25-14-17(23)20(26-22)19-13-16-15(21(30)27-31-2)5-3-6-18(16)32-19/h3,5-6,13-14H,4,7-12H2,1-2H3,(H,27,30)(H,24,25,26). The number of aromatic nitrogens is 2. The zero-order valence-electron chi connectivity index (χ0n) is 18.2. The van der Waals surface area contributed by atoms with Crippen molar-refractivity contribution < 1.29 is 9.63 Å². The van der Waals surface area contributed by atoms with Crippen LogP contribution in [0.15, 0.2) is 30.5 Å². The highest BCUT2D eigenvalue weighted by atomic mass is 35.5. The summed E-state index contributed by atoms with van der Waals surface area (Å²) in [6.07, 6.45) is 2.64. The van der Waals surface area contributed by atoms with E-state index in [0.29, 0.717) is 22.2 Å². The first kappa shape index (κ1) is 22.9. The monoisotopic (exact) mass is 474 g/mol. The number of anilines is 1. The molecule has 1 aliphatic heterocycles. The third-order valence-electron chi connectivity index (χ3n) is 5.51. The van der Waals surface area contributed by atoms with E-state index in [2.05, 4.69) is 37.6 Å². The van der Waals surface area contributed by atoms with Gasteiger partial charge in [-0.1, -0.05) is 17.7 Å². The van der Waals surface area contributed by atoms with E-state index in [1.807, 2.05) is 18.2 Å². The molecule has 3 aromatic rings. The maximum absolute atomic E-state index is 12.3. The molecule has 0 saturated carbocycles. The number of hydrogen-bond donors (Lipinski definition) is 2. The van der Waals surface area contributed by atoms with Crippen LogP contribution in [0.2, 0.25) is 5.02 Å². The molecule has 1 aromatic carbocycles. The fraction of sp³-hybridized carbons (Fsp3) is 0.409. The minimum absolute atomic E-state index is 0.293. The van der Waals surface area contributed by atoms with Gasteiger partial charge in [0.2, 0.25) is 5.95 Å². The molecule has 0 aliphatic carbocycles. The predicted octanol–water partition coefficient (Wildman–Crippen LogP) is 3.35. The van der Waals surface area contributed by atoms with Crippen molar-refractivity contribution in [1.82, 2.24) is 25.2 Å². The van der Waals surface area contributed by atoms with Crippen LogP contribution < -0.4 is 10.8 Å². The number of halogens is 1. The highest BCUT2D eigenvalue weighted by molar-refractivity contribution is 7.22. The summed E-state index contributed by atoms with van der Waals surface area (Å²) in [5, 5.41) is 4.62. The lowest BCUT2D eigenvalue weighted by molar-refractivity contribution is 0.0539. The van der Waals surface area contributed by atoms with Crippen molar-refractivity contribution in [3.05, 3.63) is 41.0 Å². The molecule has 32 heavy (non-hydrogen) atoms. The predicted molar refractivity (Wildman–Crippen MR) is 129 cm³/mol. The third kappa shape index (κ3) is 5.36. The molecular weight excluding hydrogens is 448 g/mol. The fourth-order valence-electron chi connectivity index (χ4n) is 3.72. The van der Waals surface area contributed by atoms with Gasteiger partial charge < -0.3 is 15.1 Å². The van der Waals surface area contributed by atoms with Gasteiger partial charge in [0.1, 0.15) is 5.69 Å². The molecule has 1 aliphatic rings. The van der Waals surface area contributed by atoms with Crippen molar-refractivity contribution in [2.45, 2.75) is 6.42 Å². The number of piperazine rings is 1.